The Morgan fingerprint density at radius 1 is 1.50 bits per heavy atom. The van der Waals surface area contributed by atoms with Gasteiger partial charge in [-0.2, -0.15) is 0 Å². The molecule has 0 radical (unpaired) electrons. The number of rotatable bonds is 2. The topological polar surface area (TPSA) is 26.0 Å². The van der Waals surface area contributed by atoms with Crippen molar-refractivity contribution in [3.63, 3.8) is 0 Å². The Kier molecular flexibility index (Phi) is 3.29. The van der Waals surface area contributed by atoms with Crippen molar-refractivity contribution in [1.82, 2.24) is 0 Å². The third-order valence-electron chi connectivity index (χ3n) is 2.13. The van der Waals surface area contributed by atoms with Gasteiger partial charge in [0.25, 0.3) is 0 Å². The van der Waals surface area contributed by atoms with Gasteiger partial charge in [-0.15, -0.1) is 0 Å². The van der Waals surface area contributed by atoms with Crippen molar-refractivity contribution >= 4 is 15.9 Å². The van der Waals surface area contributed by atoms with Crippen LogP contribution in [0.15, 0.2) is 22.7 Å². The lowest BCUT2D eigenvalue weighted by molar-refractivity contribution is 0.767. The molecule has 0 heterocycles. The molecule has 1 aromatic rings. The fourth-order valence-electron chi connectivity index (χ4n) is 1.27. The lowest BCUT2D eigenvalue weighted by Gasteiger charge is -2.12. The molecule has 1 nitrogen and oxygen atoms in total. The van der Waals surface area contributed by atoms with Crippen LogP contribution >= 0.6 is 15.9 Å². The predicted molar refractivity (Wildman–Crippen MR) is 56.3 cm³/mol. The van der Waals surface area contributed by atoms with Gasteiger partial charge in [-0.1, -0.05) is 28.9 Å². The maximum Gasteiger partial charge on any atom is 0.0178 e. The molecule has 2 heteroatoms. The van der Waals surface area contributed by atoms with E-state index in [0.29, 0.717) is 12.5 Å². The number of hydrogen-bond acceptors (Lipinski definition) is 1. The van der Waals surface area contributed by atoms with Crippen molar-refractivity contribution in [3.05, 3.63) is 33.8 Å². The normalized spacial score (nSPS) is 13.0. The van der Waals surface area contributed by atoms with E-state index in [2.05, 4.69) is 48.0 Å². The quantitative estimate of drug-likeness (QED) is 0.827. The molecule has 0 spiro atoms. The Bertz CT molecular complexity index is 271. The predicted octanol–water partition coefficient (Wildman–Crippen LogP) is 2.82. The Balaban J connectivity index is 3.04. The standard InChI is InChI=1S/C10H14BrN/c1-7-3-4-9(11)5-10(7)8(2)6-12/h3-5,8H,6,12H2,1-2H3. The van der Waals surface area contributed by atoms with Crippen LogP contribution < -0.4 is 5.73 Å². The summed E-state index contributed by atoms with van der Waals surface area (Å²) < 4.78 is 1.13. The van der Waals surface area contributed by atoms with Crippen LogP contribution in [-0.4, -0.2) is 6.54 Å². The molecule has 0 saturated heterocycles. The van der Waals surface area contributed by atoms with Gasteiger partial charge in [0, 0.05) is 4.47 Å². The number of nitrogens with two attached hydrogens (primary N) is 1. The fraction of sp³-hybridized carbons (Fsp3) is 0.400. The van der Waals surface area contributed by atoms with E-state index < -0.39 is 0 Å². The molecule has 12 heavy (non-hydrogen) atoms. The summed E-state index contributed by atoms with van der Waals surface area (Å²) in [5.74, 6) is 0.447. The van der Waals surface area contributed by atoms with Crippen LogP contribution in [0.4, 0.5) is 0 Å². The number of aryl methyl sites for hydroxylation is 1. The van der Waals surface area contributed by atoms with Gasteiger partial charge in [-0.05, 0) is 42.6 Å². The zero-order valence-corrected chi connectivity index (χ0v) is 9.06. The minimum absolute atomic E-state index is 0.447. The molecule has 0 saturated carbocycles. The van der Waals surface area contributed by atoms with Gasteiger partial charge in [0.2, 0.25) is 0 Å². The van der Waals surface area contributed by atoms with Crippen LogP contribution in [0.3, 0.4) is 0 Å². The van der Waals surface area contributed by atoms with Gasteiger partial charge in [0.15, 0.2) is 0 Å². The van der Waals surface area contributed by atoms with E-state index in [1.807, 2.05) is 0 Å². The zero-order chi connectivity index (χ0) is 9.14. The van der Waals surface area contributed by atoms with Crippen molar-refractivity contribution in [3.8, 4) is 0 Å². The summed E-state index contributed by atoms with van der Waals surface area (Å²) in [6.45, 7) is 4.97. The van der Waals surface area contributed by atoms with E-state index in [0.717, 1.165) is 4.47 Å². The summed E-state index contributed by atoms with van der Waals surface area (Å²) in [6.07, 6.45) is 0. The number of benzene rings is 1. The smallest absolute Gasteiger partial charge is 0.0178 e. The summed E-state index contributed by atoms with van der Waals surface area (Å²) >= 11 is 3.45. The molecule has 1 unspecified atom stereocenters. The molecule has 0 aliphatic rings. The van der Waals surface area contributed by atoms with Crippen molar-refractivity contribution in [1.29, 1.82) is 0 Å². The minimum Gasteiger partial charge on any atom is -0.330 e. The second kappa shape index (κ2) is 4.06. The van der Waals surface area contributed by atoms with Crippen molar-refractivity contribution in [2.45, 2.75) is 19.8 Å². The second-order valence-corrected chi connectivity index (χ2v) is 4.05. The molecule has 1 rings (SSSR count). The van der Waals surface area contributed by atoms with E-state index in [1.54, 1.807) is 0 Å². The third kappa shape index (κ3) is 2.08. The first-order valence-corrected chi connectivity index (χ1v) is 4.90. The molecular formula is C10H14BrN. The first-order valence-electron chi connectivity index (χ1n) is 4.11. The minimum atomic E-state index is 0.447. The molecule has 0 aliphatic heterocycles. The average molecular weight is 228 g/mol. The molecule has 1 atom stereocenters. The maximum atomic E-state index is 5.61. The monoisotopic (exact) mass is 227 g/mol. The lowest BCUT2D eigenvalue weighted by Crippen LogP contribution is -2.09. The maximum absolute atomic E-state index is 5.61. The van der Waals surface area contributed by atoms with Gasteiger partial charge < -0.3 is 5.73 Å². The van der Waals surface area contributed by atoms with E-state index in [1.165, 1.54) is 11.1 Å². The molecule has 0 bridgehead atoms. The van der Waals surface area contributed by atoms with Crippen LogP contribution in [-0.2, 0) is 0 Å². The van der Waals surface area contributed by atoms with Crippen LogP contribution in [0.1, 0.15) is 24.0 Å². The summed E-state index contributed by atoms with van der Waals surface area (Å²) in [4.78, 5) is 0. The van der Waals surface area contributed by atoms with Gasteiger partial charge in [0.05, 0.1) is 0 Å². The van der Waals surface area contributed by atoms with E-state index in [-0.39, 0.29) is 0 Å². The zero-order valence-electron chi connectivity index (χ0n) is 7.47. The molecule has 0 aromatic heterocycles. The van der Waals surface area contributed by atoms with Crippen LogP contribution in [0.2, 0.25) is 0 Å². The summed E-state index contributed by atoms with van der Waals surface area (Å²) in [5, 5.41) is 0. The Hall–Kier alpha value is -0.340. The molecule has 66 valence electrons. The van der Waals surface area contributed by atoms with Crippen molar-refractivity contribution in [2.75, 3.05) is 6.54 Å². The third-order valence-corrected chi connectivity index (χ3v) is 2.62. The molecule has 0 fully saturated rings. The van der Waals surface area contributed by atoms with Crippen molar-refractivity contribution < 1.29 is 0 Å². The fourth-order valence-corrected chi connectivity index (χ4v) is 1.65. The van der Waals surface area contributed by atoms with Gasteiger partial charge in [0.1, 0.15) is 0 Å². The molecule has 0 amide bonds. The second-order valence-electron chi connectivity index (χ2n) is 3.14. The highest BCUT2D eigenvalue weighted by Gasteiger charge is 2.06. The average Bonchev–Trinajstić information content (AvgIpc) is 2.08. The Labute approximate surface area is 82.1 Å². The number of halogens is 1. The van der Waals surface area contributed by atoms with Crippen LogP contribution in [0.25, 0.3) is 0 Å². The molecule has 0 aliphatic carbocycles. The highest BCUT2D eigenvalue weighted by atomic mass is 79.9. The lowest BCUT2D eigenvalue weighted by atomic mass is 9.97. The highest BCUT2D eigenvalue weighted by molar-refractivity contribution is 9.10. The summed E-state index contributed by atoms with van der Waals surface area (Å²) in [5.41, 5.74) is 8.26. The Morgan fingerprint density at radius 3 is 2.75 bits per heavy atom. The van der Waals surface area contributed by atoms with Gasteiger partial charge in [-0.25, -0.2) is 0 Å². The van der Waals surface area contributed by atoms with Crippen molar-refractivity contribution in [2.24, 2.45) is 5.73 Å². The largest absolute Gasteiger partial charge is 0.330 e. The molecule has 2 N–H and O–H groups in total. The van der Waals surface area contributed by atoms with E-state index in [4.69, 9.17) is 5.73 Å². The van der Waals surface area contributed by atoms with Gasteiger partial charge >= 0.3 is 0 Å². The summed E-state index contributed by atoms with van der Waals surface area (Å²) in [6, 6.07) is 6.32. The van der Waals surface area contributed by atoms with E-state index in [9.17, 15) is 0 Å². The van der Waals surface area contributed by atoms with Gasteiger partial charge in [-0.3, -0.25) is 0 Å². The van der Waals surface area contributed by atoms with Crippen LogP contribution in [0.5, 0.6) is 0 Å². The Morgan fingerprint density at radius 2 is 2.17 bits per heavy atom. The molecule has 1 aromatic carbocycles. The SMILES string of the molecule is Cc1ccc(Br)cc1C(C)CN. The first kappa shape index (κ1) is 9.75. The first-order chi connectivity index (χ1) is 5.65. The summed E-state index contributed by atoms with van der Waals surface area (Å²) in [7, 11) is 0. The number of hydrogen-bond donors (Lipinski definition) is 1. The van der Waals surface area contributed by atoms with Crippen LogP contribution in [0, 0.1) is 6.92 Å². The highest BCUT2D eigenvalue weighted by Crippen LogP contribution is 2.22. The molecular weight excluding hydrogens is 214 g/mol. The van der Waals surface area contributed by atoms with E-state index >= 15 is 0 Å².